The molecule has 1 N–H and O–H groups in total. The van der Waals surface area contributed by atoms with Crippen molar-refractivity contribution in [3.05, 3.63) is 23.7 Å². The summed E-state index contributed by atoms with van der Waals surface area (Å²) in [4.78, 5) is 0. The summed E-state index contributed by atoms with van der Waals surface area (Å²) < 4.78 is 23.3. The lowest BCUT2D eigenvalue weighted by molar-refractivity contribution is -0.210. The van der Waals surface area contributed by atoms with Gasteiger partial charge in [0, 0.05) is 37.4 Å². The van der Waals surface area contributed by atoms with Crippen molar-refractivity contribution >= 4 is 0 Å². The number of fused-ring (bicyclic) bond motifs is 1. The predicted octanol–water partition coefficient (Wildman–Crippen LogP) is 2.80. The first-order valence-corrected chi connectivity index (χ1v) is 8.75. The van der Waals surface area contributed by atoms with Gasteiger partial charge in [0.05, 0.1) is 32.2 Å². The minimum absolute atomic E-state index is 0.119. The van der Waals surface area contributed by atoms with Gasteiger partial charge in [0.1, 0.15) is 5.76 Å². The minimum atomic E-state index is -0.392. The van der Waals surface area contributed by atoms with Crippen LogP contribution in [0.5, 0.6) is 0 Å². The van der Waals surface area contributed by atoms with Crippen LogP contribution in [0.3, 0.4) is 0 Å². The van der Waals surface area contributed by atoms with Gasteiger partial charge in [-0.25, -0.2) is 0 Å². The Balaban J connectivity index is 1.37. The van der Waals surface area contributed by atoms with Gasteiger partial charge in [-0.3, -0.25) is 0 Å². The van der Waals surface area contributed by atoms with Gasteiger partial charge < -0.3 is 23.9 Å². The molecule has 128 valence electrons. The molecule has 2 aliphatic heterocycles. The number of hydrogen-bond donors (Lipinski definition) is 1. The largest absolute Gasteiger partial charge is 0.469 e. The molecule has 1 aromatic rings. The third-order valence-corrected chi connectivity index (χ3v) is 5.31. The van der Waals surface area contributed by atoms with Crippen molar-refractivity contribution < 1.29 is 18.6 Å². The average molecular weight is 321 g/mol. The lowest BCUT2D eigenvalue weighted by atomic mass is 9.75. The normalized spacial score (nSPS) is 32.1. The van der Waals surface area contributed by atoms with E-state index in [0.717, 1.165) is 51.2 Å². The fraction of sp³-hybridized carbons (Fsp3) is 0.778. The third-order valence-electron chi connectivity index (χ3n) is 5.31. The average Bonchev–Trinajstić information content (AvgIpc) is 3.12. The highest BCUT2D eigenvalue weighted by Gasteiger charge is 2.43. The molecule has 5 nitrogen and oxygen atoms in total. The Morgan fingerprint density at radius 1 is 1.26 bits per heavy atom. The molecule has 2 fully saturated rings. The summed E-state index contributed by atoms with van der Waals surface area (Å²) in [7, 11) is 0. The first kappa shape index (κ1) is 15.6. The van der Waals surface area contributed by atoms with Crippen molar-refractivity contribution in [1.29, 1.82) is 0 Å². The summed E-state index contributed by atoms with van der Waals surface area (Å²) in [5.74, 6) is 0.736. The van der Waals surface area contributed by atoms with Crippen molar-refractivity contribution in [1.82, 2.24) is 5.32 Å². The number of rotatable bonds is 3. The van der Waals surface area contributed by atoms with Gasteiger partial charge in [0.25, 0.3) is 0 Å². The van der Waals surface area contributed by atoms with Gasteiger partial charge in [-0.1, -0.05) is 13.8 Å². The molecular weight excluding hydrogens is 294 g/mol. The van der Waals surface area contributed by atoms with Crippen LogP contribution < -0.4 is 5.32 Å². The zero-order chi connectivity index (χ0) is 15.9. The molecule has 0 bridgehead atoms. The zero-order valence-corrected chi connectivity index (χ0v) is 14.1. The van der Waals surface area contributed by atoms with Gasteiger partial charge in [-0.15, -0.1) is 0 Å². The molecule has 0 amide bonds. The summed E-state index contributed by atoms with van der Waals surface area (Å²) in [6.07, 6.45) is 5.74. The molecule has 4 rings (SSSR count). The minimum Gasteiger partial charge on any atom is -0.469 e. The highest BCUT2D eigenvalue weighted by Crippen LogP contribution is 2.41. The van der Waals surface area contributed by atoms with Crippen LogP contribution in [0, 0.1) is 5.41 Å². The van der Waals surface area contributed by atoms with Crippen LogP contribution in [0.1, 0.15) is 50.5 Å². The van der Waals surface area contributed by atoms with E-state index in [4.69, 9.17) is 18.6 Å². The zero-order valence-electron chi connectivity index (χ0n) is 14.1. The number of hydrogen-bond acceptors (Lipinski definition) is 5. The van der Waals surface area contributed by atoms with Crippen LogP contribution in [0.25, 0.3) is 0 Å². The fourth-order valence-corrected chi connectivity index (χ4v) is 4.09. The van der Waals surface area contributed by atoms with Gasteiger partial charge >= 0.3 is 0 Å². The second-order valence-corrected chi connectivity index (χ2v) is 7.88. The summed E-state index contributed by atoms with van der Waals surface area (Å²) in [6, 6.07) is 2.44. The predicted molar refractivity (Wildman–Crippen MR) is 85.2 cm³/mol. The van der Waals surface area contributed by atoms with Crippen LogP contribution in [-0.4, -0.2) is 38.3 Å². The second-order valence-electron chi connectivity index (χ2n) is 7.88. The van der Waals surface area contributed by atoms with Gasteiger partial charge in [0.2, 0.25) is 0 Å². The van der Waals surface area contributed by atoms with Crippen LogP contribution in [0.4, 0.5) is 0 Å². The molecule has 2 atom stereocenters. The molecule has 0 saturated carbocycles. The van der Waals surface area contributed by atoms with Gasteiger partial charge in [-0.2, -0.15) is 0 Å². The maximum Gasteiger partial charge on any atom is 0.173 e. The highest BCUT2D eigenvalue weighted by molar-refractivity contribution is 5.26. The topological polar surface area (TPSA) is 52.9 Å². The molecule has 1 spiro atoms. The van der Waals surface area contributed by atoms with Crippen molar-refractivity contribution in [3.8, 4) is 0 Å². The van der Waals surface area contributed by atoms with Crippen molar-refractivity contribution in [2.45, 2.75) is 57.5 Å². The lowest BCUT2D eigenvalue weighted by Gasteiger charge is -2.35. The highest BCUT2D eigenvalue weighted by atomic mass is 16.7. The van der Waals surface area contributed by atoms with E-state index in [1.165, 1.54) is 5.56 Å². The molecule has 23 heavy (non-hydrogen) atoms. The number of furan rings is 1. The molecule has 1 aliphatic carbocycles. The van der Waals surface area contributed by atoms with Crippen molar-refractivity contribution in [3.63, 3.8) is 0 Å². The summed E-state index contributed by atoms with van der Waals surface area (Å²) in [5.41, 5.74) is 1.57. The molecule has 2 saturated heterocycles. The smallest absolute Gasteiger partial charge is 0.173 e. The molecule has 2 unspecified atom stereocenters. The molecule has 0 aromatic carbocycles. The quantitative estimate of drug-likeness (QED) is 0.928. The maximum absolute atomic E-state index is 6.21. The summed E-state index contributed by atoms with van der Waals surface area (Å²) >= 11 is 0. The van der Waals surface area contributed by atoms with E-state index < -0.39 is 5.79 Å². The second kappa shape index (κ2) is 5.88. The Morgan fingerprint density at radius 3 is 2.91 bits per heavy atom. The van der Waals surface area contributed by atoms with E-state index in [-0.39, 0.29) is 11.5 Å². The standard InChI is InChI=1S/C18H27NO4/c1-17(2)9-15(14-3-6-21-16(14)10-17)19-11-13-12-22-18(23-13)4-7-20-8-5-18/h3,6,13,15,19H,4-5,7-12H2,1-2H3. The number of nitrogens with one attached hydrogen (secondary N) is 1. The van der Waals surface area contributed by atoms with E-state index in [9.17, 15) is 0 Å². The third kappa shape index (κ3) is 3.20. The summed E-state index contributed by atoms with van der Waals surface area (Å²) in [5, 5.41) is 3.69. The lowest BCUT2D eigenvalue weighted by Crippen LogP contribution is -2.40. The SMILES string of the molecule is CC1(C)Cc2occc2C(NCC2COC3(CCOCC3)O2)C1. The monoisotopic (exact) mass is 321 g/mol. The maximum atomic E-state index is 6.21. The van der Waals surface area contributed by atoms with Crippen LogP contribution >= 0.6 is 0 Å². The molecule has 0 radical (unpaired) electrons. The van der Waals surface area contributed by atoms with E-state index in [1.54, 1.807) is 0 Å². The van der Waals surface area contributed by atoms with Gasteiger partial charge in [-0.05, 0) is 17.9 Å². The number of ether oxygens (including phenoxy) is 3. The van der Waals surface area contributed by atoms with Crippen LogP contribution in [-0.2, 0) is 20.6 Å². The van der Waals surface area contributed by atoms with E-state index >= 15 is 0 Å². The van der Waals surface area contributed by atoms with Crippen LogP contribution in [0.15, 0.2) is 16.7 Å². The first-order chi connectivity index (χ1) is 11.1. The van der Waals surface area contributed by atoms with Crippen molar-refractivity contribution in [2.75, 3.05) is 26.4 Å². The molecule has 5 heteroatoms. The Morgan fingerprint density at radius 2 is 2.09 bits per heavy atom. The fourth-order valence-electron chi connectivity index (χ4n) is 4.09. The van der Waals surface area contributed by atoms with Gasteiger partial charge in [0.15, 0.2) is 5.79 Å². The van der Waals surface area contributed by atoms with Crippen molar-refractivity contribution in [2.24, 2.45) is 5.41 Å². The first-order valence-electron chi connectivity index (χ1n) is 8.75. The molecule has 3 heterocycles. The van der Waals surface area contributed by atoms with E-state index in [0.29, 0.717) is 12.6 Å². The Labute approximate surface area is 137 Å². The molecular formula is C18H27NO4. The van der Waals surface area contributed by atoms with E-state index in [1.807, 2.05) is 6.26 Å². The van der Waals surface area contributed by atoms with E-state index in [2.05, 4.69) is 25.2 Å². The molecule has 3 aliphatic rings. The summed E-state index contributed by atoms with van der Waals surface area (Å²) in [6.45, 7) is 7.55. The Hall–Kier alpha value is -0.880. The van der Waals surface area contributed by atoms with Crippen LogP contribution in [0.2, 0.25) is 0 Å². The molecule has 1 aromatic heterocycles. The Bertz CT molecular complexity index is 547. The Kier molecular flexibility index (Phi) is 4.00.